The molecule has 0 saturated carbocycles. The van der Waals surface area contributed by atoms with Crippen molar-refractivity contribution in [1.82, 2.24) is 5.32 Å². The Bertz CT molecular complexity index is 1090. The first-order chi connectivity index (χ1) is 15.5. The number of carbonyl (C=O) groups is 2. The number of hydrogen-bond donors (Lipinski definition) is 4. The number of sulfonamides is 1. The molecule has 3 amide bonds. The first kappa shape index (κ1) is 26.4. The van der Waals surface area contributed by atoms with Gasteiger partial charge in [0.05, 0.1) is 10.4 Å². The van der Waals surface area contributed by atoms with Gasteiger partial charge < -0.3 is 16.0 Å². The predicted molar refractivity (Wildman–Crippen MR) is 129 cm³/mol. The average Bonchev–Trinajstić information content (AvgIpc) is 2.75. The van der Waals surface area contributed by atoms with Crippen molar-refractivity contribution >= 4 is 50.6 Å². The molecule has 8 nitrogen and oxygen atoms in total. The van der Waals surface area contributed by atoms with Crippen LogP contribution in [0.25, 0.3) is 0 Å². The van der Waals surface area contributed by atoms with Crippen LogP contribution in [0.4, 0.5) is 26.2 Å². The van der Waals surface area contributed by atoms with E-state index >= 15 is 0 Å². The van der Waals surface area contributed by atoms with Gasteiger partial charge in [0, 0.05) is 23.6 Å². The fraction of sp³-hybridized carbons (Fsp3) is 0.364. The third-order valence-electron chi connectivity index (χ3n) is 4.64. The molecule has 0 aliphatic heterocycles. The number of hydrogen-bond acceptors (Lipinski definition) is 4. The highest BCUT2D eigenvalue weighted by Crippen LogP contribution is 2.27. The van der Waals surface area contributed by atoms with Crippen LogP contribution >= 0.6 is 11.6 Å². The van der Waals surface area contributed by atoms with Crippen LogP contribution < -0.4 is 20.7 Å². The second kappa shape index (κ2) is 11.3. The molecule has 0 spiro atoms. The van der Waals surface area contributed by atoms with Gasteiger partial charge in [-0.25, -0.2) is 17.6 Å². The molecular weight excluding hydrogens is 471 g/mol. The summed E-state index contributed by atoms with van der Waals surface area (Å²) in [6, 6.07) is 9.58. The molecule has 0 aromatic heterocycles. The molecule has 33 heavy (non-hydrogen) atoms. The SMILES string of the molecule is CCCCNC(=O)Nc1ccc(S(=O)(=O)Nc2ccc(NC(=O)C(C)(C)CF)cc2)c(Cl)c1. The predicted octanol–water partition coefficient (Wildman–Crippen LogP) is 5.00. The number of halogens is 2. The number of urea groups is 1. The third kappa shape index (κ3) is 7.61. The van der Waals surface area contributed by atoms with Crippen LogP contribution in [0, 0.1) is 5.41 Å². The maximum atomic E-state index is 12.9. The lowest BCUT2D eigenvalue weighted by Crippen LogP contribution is -2.32. The third-order valence-corrected chi connectivity index (χ3v) is 6.50. The van der Waals surface area contributed by atoms with E-state index in [1.54, 1.807) is 0 Å². The summed E-state index contributed by atoms with van der Waals surface area (Å²) < 4.78 is 40.9. The van der Waals surface area contributed by atoms with E-state index in [9.17, 15) is 22.4 Å². The lowest BCUT2D eigenvalue weighted by molar-refractivity contribution is -0.124. The van der Waals surface area contributed by atoms with Crippen LogP contribution in [-0.2, 0) is 14.8 Å². The summed E-state index contributed by atoms with van der Waals surface area (Å²) in [7, 11) is -4.02. The topological polar surface area (TPSA) is 116 Å². The summed E-state index contributed by atoms with van der Waals surface area (Å²) in [4.78, 5) is 23.7. The van der Waals surface area contributed by atoms with Crippen LogP contribution in [0.15, 0.2) is 47.4 Å². The number of alkyl halides is 1. The van der Waals surface area contributed by atoms with E-state index in [-0.39, 0.29) is 15.6 Å². The minimum Gasteiger partial charge on any atom is -0.338 e. The fourth-order valence-corrected chi connectivity index (χ4v) is 4.15. The molecule has 11 heteroatoms. The molecule has 0 radical (unpaired) electrons. The summed E-state index contributed by atoms with van der Waals surface area (Å²) in [6.45, 7) is 4.69. The second-order valence-corrected chi connectivity index (χ2v) is 10.1. The van der Waals surface area contributed by atoms with Gasteiger partial charge in [0.2, 0.25) is 5.91 Å². The highest BCUT2D eigenvalue weighted by atomic mass is 35.5. The van der Waals surface area contributed by atoms with Gasteiger partial charge >= 0.3 is 6.03 Å². The van der Waals surface area contributed by atoms with Gasteiger partial charge in [0.25, 0.3) is 10.0 Å². The average molecular weight is 499 g/mol. The molecule has 0 bridgehead atoms. The molecule has 180 valence electrons. The first-order valence-corrected chi connectivity index (χ1v) is 12.2. The number of amides is 3. The van der Waals surface area contributed by atoms with Crippen molar-refractivity contribution in [3.63, 3.8) is 0 Å². The zero-order valence-corrected chi connectivity index (χ0v) is 20.2. The van der Waals surface area contributed by atoms with E-state index < -0.39 is 34.1 Å². The Kier molecular flexibility index (Phi) is 9.07. The molecule has 4 N–H and O–H groups in total. The maximum absolute atomic E-state index is 12.9. The van der Waals surface area contributed by atoms with Crippen LogP contribution in [0.3, 0.4) is 0 Å². The second-order valence-electron chi connectivity index (χ2n) is 8.03. The molecule has 0 saturated heterocycles. The van der Waals surface area contributed by atoms with Gasteiger partial charge in [-0.2, -0.15) is 0 Å². The highest BCUT2D eigenvalue weighted by molar-refractivity contribution is 7.92. The van der Waals surface area contributed by atoms with Gasteiger partial charge in [-0.3, -0.25) is 9.52 Å². The quantitative estimate of drug-likeness (QED) is 0.345. The molecule has 0 unspecified atom stereocenters. The zero-order chi connectivity index (χ0) is 24.6. The lowest BCUT2D eigenvalue weighted by atomic mass is 9.94. The molecule has 2 aromatic rings. The van der Waals surface area contributed by atoms with E-state index in [1.807, 2.05) is 6.92 Å². The Balaban J connectivity index is 2.06. The largest absolute Gasteiger partial charge is 0.338 e. The standard InChI is InChI=1S/C22H28ClFN4O4S/c1-4-5-12-25-21(30)27-17-10-11-19(18(23)13-17)33(31,32)28-16-8-6-15(7-9-16)26-20(29)22(2,3)14-24/h6-11,13,28H,4-5,12,14H2,1-3H3,(H,26,29)(H2,25,27,30). The Morgan fingerprint density at radius 3 is 2.18 bits per heavy atom. The highest BCUT2D eigenvalue weighted by Gasteiger charge is 2.27. The van der Waals surface area contributed by atoms with Crippen molar-refractivity contribution in [3.8, 4) is 0 Å². The monoisotopic (exact) mass is 498 g/mol. The smallest absolute Gasteiger partial charge is 0.319 e. The Morgan fingerprint density at radius 1 is 1.00 bits per heavy atom. The van der Waals surface area contributed by atoms with Gasteiger partial charge in [-0.15, -0.1) is 0 Å². The van der Waals surface area contributed by atoms with Crippen LogP contribution in [0.2, 0.25) is 5.02 Å². The van der Waals surface area contributed by atoms with E-state index in [2.05, 4.69) is 20.7 Å². The van der Waals surface area contributed by atoms with Crippen LogP contribution in [-0.4, -0.2) is 33.6 Å². The number of benzene rings is 2. The maximum Gasteiger partial charge on any atom is 0.319 e. The molecule has 2 rings (SSSR count). The van der Waals surface area contributed by atoms with E-state index in [4.69, 9.17) is 11.6 Å². The summed E-state index contributed by atoms with van der Waals surface area (Å²) in [5.41, 5.74) is -0.181. The van der Waals surface area contributed by atoms with Gasteiger partial charge in [-0.05, 0) is 62.7 Å². The molecule has 0 heterocycles. The van der Waals surface area contributed by atoms with Crippen molar-refractivity contribution in [2.24, 2.45) is 5.41 Å². The lowest BCUT2D eigenvalue weighted by Gasteiger charge is -2.19. The molecule has 0 atom stereocenters. The Hall–Kier alpha value is -2.85. The van der Waals surface area contributed by atoms with Gasteiger partial charge in [-0.1, -0.05) is 24.9 Å². The van der Waals surface area contributed by atoms with Crippen molar-refractivity contribution in [2.45, 2.75) is 38.5 Å². The minimum atomic E-state index is -4.02. The molecular formula is C22H28ClFN4O4S. The molecule has 0 fully saturated rings. The van der Waals surface area contributed by atoms with Gasteiger partial charge in [0.15, 0.2) is 0 Å². The first-order valence-electron chi connectivity index (χ1n) is 10.3. The molecule has 0 aliphatic carbocycles. The zero-order valence-electron chi connectivity index (χ0n) is 18.7. The minimum absolute atomic E-state index is 0.0637. The van der Waals surface area contributed by atoms with Gasteiger partial charge in [0.1, 0.15) is 11.6 Å². The number of rotatable bonds is 10. The fourth-order valence-electron chi connectivity index (χ4n) is 2.54. The van der Waals surface area contributed by atoms with Crippen molar-refractivity contribution < 1.29 is 22.4 Å². The summed E-state index contributed by atoms with van der Waals surface area (Å²) >= 11 is 6.16. The Labute approximate surface area is 198 Å². The Morgan fingerprint density at radius 2 is 1.61 bits per heavy atom. The number of unbranched alkanes of at least 4 members (excludes halogenated alkanes) is 1. The summed E-state index contributed by atoms with van der Waals surface area (Å²) in [6.07, 6.45) is 1.79. The van der Waals surface area contributed by atoms with E-state index in [1.165, 1.54) is 56.3 Å². The van der Waals surface area contributed by atoms with Crippen molar-refractivity contribution in [2.75, 3.05) is 28.6 Å². The van der Waals surface area contributed by atoms with Crippen molar-refractivity contribution in [3.05, 3.63) is 47.5 Å². The van der Waals surface area contributed by atoms with E-state index in [0.717, 1.165) is 12.8 Å². The van der Waals surface area contributed by atoms with Crippen molar-refractivity contribution in [1.29, 1.82) is 0 Å². The molecule has 0 aliphatic rings. The number of nitrogens with one attached hydrogen (secondary N) is 4. The number of anilines is 3. The number of carbonyl (C=O) groups excluding carboxylic acids is 2. The summed E-state index contributed by atoms with van der Waals surface area (Å²) in [5.74, 6) is -0.488. The normalized spacial score (nSPS) is 11.5. The van der Waals surface area contributed by atoms with Crippen LogP contribution in [0.1, 0.15) is 33.6 Å². The summed E-state index contributed by atoms with van der Waals surface area (Å²) in [5, 5.41) is 7.81. The molecule has 2 aromatic carbocycles. The van der Waals surface area contributed by atoms with E-state index in [0.29, 0.717) is 17.9 Å². The van der Waals surface area contributed by atoms with Crippen LogP contribution in [0.5, 0.6) is 0 Å².